The number of anilines is 1. The summed E-state index contributed by atoms with van der Waals surface area (Å²) in [5.41, 5.74) is 3.77. The quantitative estimate of drug-likeness (QED) is 0.800. The van der Waals surface area contributed by atoms with Gasteiger partial charge in [0.2, 0.25) is 5.95 Å². The van der Waals surface area contributed by atoms with Crippen molar-refractivity contribution in [3.05, 3.63) is 71.9 Å². The zero-order chi connectivity index (χ0) is 15.5. The summed E-state index contributed by atoms with van der Waals surface area (Å²) in [5, 5.41) is 2.85. The van der Waals surface area contributed by atoms with Crippen LogP contribution in [-0.2, 0) is 7.05 Å². The second-order valence-corrected chi connectivity index (χ2v) is 5.21. The Morgan fingerprint density at radius 1 is 1.05 bits per heavy atom. The number of carbonyl (C=O) groups is 1. The minimum absolute atomic E-state index is 0.159. The van der Waals surface area contributed by atoms with Gasteiger partial charge in [-0.25, -0.2) is 4.98 Å². The lowest BCUT2D eigenvalue weighted by molar-refractivity contribution is 0.102. The molecule has 1 N–H and O–H groups in total. The molecule has 0 unspecified atom stereocenters. The van der Waals surface area contributed by atoms with Gasteiger partial charge in [0, 0.05) is 12.6 Å². The lowest BCUT2D eigenvalue weighted by atomic mass is 10.1. The smallest absolute Gasteiger partial charge is 0.257 e. The number of aromatic nitrogens is 2. The molecule has 1 aromatic heterocycles. The maximum atomic E-state index is 12.3. The van der Waals surface area contributed by atoms with Crippen LogP contribution in [0.4, 0.5) is 5.95 Å². The molecule has 0 radical (unpaired) electrons. The van der Waals surface area contributed by atoms with Gasteiger partial charge in [0.1, 0.15) is 0 Å². The van der Waals surface area contributed by atoms with Crippen LogP contribution in [0, 0.1) is 6.92 Å². The standard InChI is InChI=1S/C18H17N3O/c1-13-8-10-15(11-9-13)17(22)20-18-19-12-16(21(18)2)14-6-4-3-5-7-14/h3-12H,1-2H3,(H,19,20,22). The average Bonchev–Trinajstić information content (AvgIpc) is 2.90. The van der Waals surface area contributed by atoms with E-state index in [2.05, 4.69) is 10.3 Å². The summed E-state index contributed by atoms with van der Waals surface area (Å²) in [6.07, 6.45) is 1.76. The SMILES string of the molecule is Cc1ccc(C(=O)Nc2ncc(-c3ccccc3)n2C)cc1. The highest BCUT2D eigenvalue weighted by Gasteiger charge is 2.12. The largest absolute Gasteiger partial charge is 0.313 e. The highest BCUT2D eigenvalue weighted by molar-refractivity contribution is 6.03. The van der Waals surface area contributed by atoms with Crippen LogP contribution in [0.2, 0.25) is 0 Å². The monoisotopic (exact) mass is 291 g/mol. The molecule has 1 heterocycles. The van der Waals surface area contributed by atoms with Crippen molar-refractivity contribution >= 4 is 11.9 Å². The molecule has 1 amide bonds. The van der Waals surface area contributed by atoms with Crippen LogP contribution in [0.3, 0.4) is 0 Å². The van der Waals surface area contributed by atoms with E-state index >= 15 is 0 Å². The predicted molar refractivity (Wildman–Crippen MR) is 87.8 cm³/mol. The van der Waals surface area contributed by atoms with Crippen molar-refractivity contribution in [3.63, 3.8) is 0 Å². The molecule has 3 rings (SSSR count). The van der Waals surface area contributed by atoms with Gasteiger partial charge in [-0.05, 0) is 24.6 Å². The number of rotatable bonds is 3. The summed E-state index contributed by atoms with van der Waals surface area (Å²) in [7, 11) is 1.89. The van der Waals surface area contributed by atoms with E-state index in [-0.39, 0.29) is 5.91 Å². The maximum Gasteiger partial charge on any atom is 0.257 e. The Bertz CT molecular complexity index is 789. The molecule has 0 aliphatic heterocycles. The van der Waals surface area contributed by atoms with Crippen molar-refractivity contribution in [2.45, 2.75) is 6.92 Å². The first-order chi connectivity index (χ1) is 10.6. The van der Waals surface area contributed by atoms with Crippen molar-refractivity contribution in [1.29, 1.82) is 0 Å². The molecule has 0 saturated carbocycles. The second kappa shape index (κ2) is 5.85. The molecule has 0 spiro atoms. The number of nitrogens with one attached hydrogen (secondary N) is 1. The molecule has 3 aromatic rings. The molecule has 0 bridgehead atoms. The van der Waals surface area contributed by atoms with Gasteiger partial charge in [-0.15, -0.1) is 0 Å². The molecule has 4 heteroatoms. The number of benzene rings is 2. The van der Waals surface area contributed by atoms with Crippen molar-refractivity contribution in [2.75, 3.05) is 5.32 Å². The summed E-state index contributed by atoms with van der Waals surface area (Å²) >= 11 is 0. The Kier molecular flexibility index (Phi) is 3.74. The van der Waals surface area contributed by atoms with E-state index in [9.17, 15) is 4.79 Å². The van der Waals surface area contributed by atoms with Crippen LogP contribution < -0.4 is 5.32 Å². The number of imidazole rings is 1. The van der Waals surface area contributed by atoms with Gasteiger partial charge < -0.3 is 4.57 Å². The van der Waals surface area contributed by atoms with E-state index in [0.717, 1.165) is 16.8 Å². The van der Waals surface area contributed by atoms with Crippen molar-refractivity contribution in [3.8, 4) is 11.3 Å². The molecule has 2 aromatic carbocycles. The van der Waals surface area contributed by atoms with Crippen LogP contribution in [0.5, 0.6) is 0 Å². The summed E-state index contributed by atoms with van der Waals surface area (Å²) in [6.45, 7) is 1.99. The van der Waals surface area contributed by atoms with Gasteiger partial charge in [0.15, 0.2) is 0 Å². The third-order valence-electron chi connectivity index (χ3n) is 3.60. The van der Waals surface area contributed by atoms with Crippen LogP contribution in [-0.4, -0.2) is 15.5 Å². The first-order valence-corrected chi connectivity index (χ1v) is 7.10. The molecule has 4 nitrogen and oxygen atoms in total. The normalized spacial score (nSPS) is 10.5. The summed E-state index contributed by atoms with van der Waals surface area (Å²) in [4.78, 5) is 16.6. The van der Waals surface area contributed by atoms with Gasteiger partial charge >= 0.3 is 0 Å². The first kappa shape index (κ1) is 14.1. The maximum absolute atomic E-state index is 12.3. The van der Waals surface area contributed by atoms with Crippen molar-refractivity contribution in [2.24, 2.45) is 7.05 Å². The van der Waals surface area contributed by atoms with Gasteiger partial charge in [-0.2, -0.15) is 0 Å². The van der Waals surface area contributed by atoms with Crippen LogP contribution in [0.15, 0.2) is 60.8 Å². The fraction of sp³-hybridized carbons (Fsp3) is 0.111. The minimum atomic E-state index is -0.159. The molecular formula is C18H17N3O. The molecule has 0 aliphatic carbocycles. The van der Waals surface area contributed by atoms with E-state index in [1.165, 1.54) is 0 Å². The molecule has 0 atom stereocenters. The Hall–Kier alpha value is -2.88. The number of nitrogens with zero attached hydrogens (tertiary/aromatic N) is 2. The van der Waals surface area contributed by atoms with Crippen LogP contribution in [0.25, 0.3) is 11.3 Å². The highest BCUT2D eigenvalue weighted by atomic mass is 16.1. The Morgan fingerprint density at radius 3 is 2.41 bits per heavy atom. The zero-order valence-corrected chi connectivity index (χ0v) is 12.6. The summed E-state index contributed by atoms with van der Waals surface area (Å²) in [6, 6.07) is 17.4. The van der Waals surface area contributed by atoms with E-state index in [1.807, 2.05) is 73.1 Å². The predicted octanol–water partition coefficient (Wildman–Crippen LogP) is 3.65. The third kappa shape index (κ3) is 2.76. The highest BCUT2D eigenvalue weighted by Crippen LogP contribution is 2.21. The number of hydrogen-bond acceptors (Lipinski definition) is 2. The van der Waals surface area contributed by atoms with Crippen LogP contribution >= 0.6 is 0 Å². The average molecular weight is 291 g/mol. The topological polar surface area (TPSA) is 46.9 Å². The van der Waals surface area contributed by atoms with Gasteiger partial charge in [-0.1, -0.05) is 48.0 Å². The summed E-state index contributed by atoms with van der Waals surface area (Å²) in [5.74, 6) is 0.373. The van der Waals surface area contributed by atoms with Crippen molar-refractivity contribution < 1.29 is 4.79 Å². The molecular weight excluding hydrogens is 274 g/mol. The minimum Gasteiger partial charge on any atom is -0.313 e. The van der Waals surface area contributed by atoms with E-state index < -0.39 is 0 Å². The molecule has 0 saturated heterocycles. The second-order valence-electron chi connectivity index (χ2n) is 5.21. The number of carbonyl (C=O) groups excluding carboxylic acids is 1. The molecule has 110 valence electrons. The Balaban J connectivity index is 1.83. The fourth-order valence-electron chi connectivity index (χ4n) is 2.28. The number of hydrogen-bond donors (Lipinski definition) is 1. The molecule has 0 fully saturated rings. The van der Waals surface area contributed by atoms with E-state index in [0.29, 0.717) is 11.5 Å². The first-order valence-electron chi connectivity index (χ1n) is 7.10. The van der Waals surface area contributed by atoms with E-state index in [1.54, 1.807) is 6.20 Å². The van der Waals surface area contributed by atoms with Crippen molar-refractivity contribution in [1.82, 2.24) is 9.55 Å². The fourth-order valence-corrected chi connectivity index (χ4v) is 2.28. The van der Waals surface area contributed by atoms with Crippen LogP contribution in [0.1, 0.15) is 15.9 Å². The number of amides is 1. The van der Waals surface area contributed by atoms with Gasteiger partial charge in [0.25, 0.3) is 5.91 Å². The zero-order valence-electron chi connectivity index (χ0n) is 12.6. The molecule has 22 heavy (non-hydrogen) atoms. The van der Waals surface area contributed by atoms with E-state index in [4.69, 9.17) is 0 Å². The Morgan fingerprint density at radius 2 is 1.73 bits per heavy atom. The van der Waals surface area contributed by atoms with Gasteiger partial charge in [-0.3, -0.25) is 10.1 Å². The van der Waals surface area contributed by atoms with Gasteiger partial charge in [0.05, 0.1) is 11.9 Å². The molecule has 0 aliphatic rings. The lowest BCUT2D eigenvalue weighted by Gasteiger charge is -2.07. The lowest BCUT2D eigenvalue weighted by Crippen LogP contribution is -2.15. The Labute approximate surface area is 129 Å². The third-order valence-corrected chi connectivity index (χ3v) is 3.60. The number of aryl methyl sites for hydroxylation is 1. The summed E-state index contributed by atoms with van der Waals surface area (Å²) < 4.78 is 1.88.